The van der Waals surface area contributed by atoms with Gasteiger partial charge in [-0.2, -0.15) is 0 Å². The average Bonchev–Trinajstić information content (AvgIpc) is 2.15. The molecule has 0 saturated carbocycles. The molecular formula is C9H14N2. The van der Waals surface area contributed by atoms with Crippen molar-refractivity contribution in [2.75, 3.05) is 0 Å². The largest absolute Gasteiger partial charge is 0.281 e. The average molecular weight is 150 g/mol. The Morgan fingerprint density at radius 2 is 2.27 bits per heavy atom. The lowest BCUT2D eigenvalue weighted by Gasteiger charge is -2.15. The molecule has 60 valence electrons. The first-order valence-corrected chi connectivity index (χ1v) is 3.92. The van der Waals surface area contributed by atoms with E-state index < -0.39 is 0 Å². The monoisotopic (exact) mass is 150 g/mol. The van der Waals surface area contributed by atoms with E-state index in [1.807, 2.05) is 25.6 Å². The second-order valence-corrected chi connectivity index (χ2v) is 3.12. The molecule has 0 radical (unpaired) electrons. The van der Waals surface area contributed by atoms with Gasteiger partial charge in [0.15, 0.2) is 0 Å². The molecule has 1 atom stereocenters. The molecule has 1 unspecified atom stereocenters. The number of hydrogen-bond acceptors (Lipinski definition) is 2. The van der Waals surface area contributed by atoms with Gasteiger partial charge in [0.1, 0.15) is 0 Å². The zero-order chi connectivity index (χ0) is 8.32. The molecule has 0 aromatic carbocycles. The second kappa shape index (κ2) is 2.99. The Kier molecular flexibility index (Phi) is 2.22. The summed E-state index contributed by atoms with van der Waals surface area (Å²) in [7, 11) is 0. The second-order valence-electron chi connectivity index (χ2n) is 3.12. The van der Waals surface area contributed by atoms with E-state index in [1.165, 1.54) is 0 Å². The van der Waals surface area contributed by atoms with Crippen molar-refractivity contribution in [2.24, 2.45) is 9.98 Å². The number of allylic oxidation sites excluding steroid dienone is 1. The highest BCUT2D eigenvalue weighted by Crippen LogP contribution is 2.14. The van der Waals surface area contributed by atoms with E-state index in [2.05, 4.69) is 23.8 Å². The van der Waals surface area contributed by atoms with Crippen molar-refractivity contribution in [1.82, 2.24) is 0 Å². The van der Waals surface area contributed by atoms with E-state index >= 15 is 0 Å². The fourth-order valence-electron chi connectivity index (χ4n) is 0.814. The third-order valence-electron chi connectivity index (χ3n) is 1.91. The molecule has 1 rings (SSSR count). The topological polar surface area (TPSA) is 24.7 Å². The maximum absolute atomic E-state index is 4.41. The first-order valence-electron chi connectivity index (χ1n) is 3.92. The van der Waals surface area contributed by atoms with E-state index in [0.717, 1.165) is 12.0 Å². The molecule has 2 nitrogen and oxygen atoms in total. The van der Waals surface area contributed by atoms with Crippen LogP contribution in [0.1, 0.15) is 27.2 Å². The van der Waals surface area contributed by atoms with Crippen LogP contribution in [0.4, 0.5) is 0 Å². The summed E-state index contributed by atoms with van der Waals surface area (Å²) in [4.78, 5) is 8.58. The van der Waals surface area contributed by atoms with Crippen LogP contribution < -0.4 is 0 Å². The van der Waals surface area contributed by atoms with Crippen LogP contribution in [0.15, 0.2) is 21.8 Å². The van der Waals surface area contributed by atoms with E-state index in [0.29, 0.717) is 0 Å². The Balaban J connectivity index is 2.86. The first-order chi connectivity index (χ1) is 5.16. The lowest BCUT2D eigenvalue weighted by atomic mass is 10.0. The Hall–Kier alpha value is -0.920. The molecule has 0 aromatic heterocycles. The Labute approximate surface area is 67.8 Å². The quantitative estimate of drug-likeness (QED) is 0.547. The van der Waals surface area contributed by atoms with Gasteiger partial charge >= 0.3 is 0 Å². The number of nitrogens with zero attached hydrogens (tertiary/aromatic N) is 2. The van der Waals surface area contributed by atoms with Crippen molar-refractivity contribution in [3.8, 4) is 0 Å². The molecule has 0 N–H and O–H groups in total. The summed E-state index contributed by atoms with van der Waals surface area (Å²) >= 11 is 0. The summed E-state index contributed by atoms with van der Waals surface area (Å²) in [6.45, 7) is 6.20. The third-order valence-corrected chi connectivity index (χ3v) is 1.91. The highest BCUT2D eigenvalue weighted by molar-refractivity contribution is 5.84. The lowest BCUT2D eigenvalue weighted by Crippen LogP contribution is -2.21. The molecule has 0 aliphatic carbocycles. The van der Waals surface area contributed by atoms with Crippen LogP contribution in [0.2, 0.25) is 0 Å². The van der Waals surface area contributed by atoms with Gasteiger partial charge in [0.25, 0.3) is 0 Å². The molecule has 0 fully saturated rings. The lowest BCUT2D eigenvalue weighted by molar-refractivity contribution is 0.621. The third kappa shape index (κ3) is 2.00. The highest BCUT2D eigenvalue weighted by Gasteiger charge is 2.17. The van der Waals surface area contributed by atoms with Gasteiger partial charge in [-0.1, -0.05) is 6.92 Å². The van der Waals surface area contributed by atoms with Crippen molar-refractivity contribution >= 4 is 12.4 Å². The summed E-state index contributed by atoms with van der Waals surface area (Å²) in [6.07, 6.45) is 6.62. The number of hydrogen-bond donors (Lipinski definition) is 0. The van der Waals surface area contributed by atoms with Crippen LogP contribution in [0.3, 0.4) is 0 Å². The molecule has 0 aromatic rings. The maximum Gasteiger partial charge on any atom is 0.0926 e. The van der Waals surface area contributed by atoms with Gasteiger partial charge in [-0.05, 0) is 25.8 Å². The molecule has 1 aliphatic heterocycles. The van der Waals surface area contributed by atoms with Crippen LogP contribution in [0.5, 0.6) is 0 Å². The van der Waals surface area contributed by atoms with Crippen molar-refractivity contribution in [2.45, 2.75) is 32.7 Å². The van der Waals surface area contributed by atoms with Gasteiger partial charge in [0.2, 0.25) is 0 Å². The van der Waals surface area contributed by atoms with Crippen LogP contribution in [-0.4, -0.2) is 18.0 Å². The predicted octanol–water partition coefficient (Wildman–Crippen LogP) is 2.21. The molecule has 2 heteroatoms. The Bertz CT molecular complexity index is 226. The molecule has 1 heterocycles. The summed E-state index contributed by atoms with van der Waals surface area (Å²) in [5.41, 5.74) is 1.02. The van der Waals surface area contributed by atoms with Crippen molar-refractivity contribution in [1.29, 1.82) is 0 Å². The van der Waals surface area contributed by atoms with E-state index in [4.69, 9.17) is 0 Å². The van der Waals surface area contributed by atoms with Crippen LogP contribution >= 0.6 is 0 Å². The summed E-state index contributed by atoms with van der Waals surface area (Å²) in [5.74, 6) is 0. The molecule has 0 amide bonds. The number of aliphatic imine (C=N–C) groups is 2. The van der Waals surface area contributed by atoms with Crippen molar-refractivity contribution in [3.63, 3.8) is 0 Å². The molecule has 1 aliphatic rings. The van der Waals surface area contributed by atoms with E-state index in [-0.39, 0.29) is 5.54 Å². The molecule has 0 spiro atoms. The van der Waals surface area contributed by atoms with Crippen LogP contribution in [0.25, 0.3) is 0 Å². The molecule has 11 heavy (non-hydrogen) atoms. The fraction of sp³-hybridized carbons (Fsp3) is 0.556. The Morgan fingerprint density at radius 1 is 1.55 bits per heavy atom. The number of rotatable bonds is 1. The highest BCUT2D eigenvalue weighted by atomic mass is 14.9. The minimum atomic E-state index is -0.0890. The van der Waals surface area contributed by atoms with Gasteiger partial charge < -0.3 is 0 Å². The SMILES string of the molecule is CCC1(C)C=NC=C(C)C=N1. The molecule has 0 saturated heterocycles. The van der Waals surface area contributed by atoms with Crippen LogP contribution in [-0.2, 0) is 0 Å². The zero-order valence-electron chi connectivity index (χ0n) is 7.33. The van der Waals surface area contributed by atoms with Crippen molar-refractivity contribution < 1.29 is 0 Å². The van der Waals surface area contributed by atoms with Crippen molar-refractivity contribution in [3.05, 3.63) is 11.8 Å². The molecular weight excluding hydrogens is 136 g/mol. The van der Waals surface area contributed by atoms with Gasteiger partial charge in [0.05, 0.1) is 5.54 Å². The predicted molar refractivity (Wildman–Crippen MR) is 49.4 cm³/mol. The summed E-state index contributed by atoms with van der Waals surface area (Å²) in [5, 5.41) is 0. The van der Waals surface area contributed by atoms with Gasteiger partial charge in [-0.3, -0.25) is 9.98 Å². The minimum absolute atomic E-state index is 0.0890. The molecule has 0 bridgehead atoms. The fourth-order valence-corrected chi connectivity index (χ4v) is 0.814. The van der Waals surface area contributed by atoms with Gasteiger partial charge in [-0.15, -0.1) is 0 Å². The summed E-state index contributed by atoms with van der Waals surface area (Å²) < 4.78 is 0. The van der Waals surface area contributed by atoms with Crippen LogP contribution in [0, 0.1) is 0 Å². The van der Waals surface area contributed by atoms with Gasteiger partial charge in [0, 0.05) is 18.6 Å². The minimum Gasteiger partial charge on any atom is -0.281 e. The standard InChI is InChI=1S/C9H14N2/c1-4-9(3)7-10-5-8(2)6-11-9/h5-7H,4H2,1-3H3. The first kappa shape index (κ1) is 8.18. The van der Waals surface area contributed by atoms with E-state index in [1.54, 1.807) is 0 Å². The zero-order valence-corrected chi connectivity index (χ0v) is 7.33. The van der Waals surface area contributed by atoms with E-state index in [9.17, 15) is 0 Å². The van der Waals surface area contributed by atoms with Gasteiger partial charge in [-0.25, -0.2) is 0 Å². The normalized spacial score (nSPS) is 29.9. The maximum atomic E-state index is 4.41. The smallest absolute Gasteiger partial charge is 0.0926 e. The Morgan fingerprint density at radius 3 is 2.91 bits per heavy atom. The summed E-state index contributed by atoms with van der Waals surface area (Å²) in [6, 6.07) is 0.